The van der Waals surface area contributed by atoms with Gasteiger partial charge in [0.15, 0.2) is 0 Å². The van der Waals surface area contributed by atoms with Crippen LogP contribution in [0.3, 0.4) is 0 Å². The molecule has 0 fully saturated rings. The predicted octanol–water partition coefficient (Wildman–Crippen LogP) is 3.79. The van der Waals surface area contributed by atoms with Crippen LogP contribution >= 0.6 is 22.7 Å². The van der Waals surface area contributed by atoms with Crippen molar-refractivity contribution in [1.29, 1.82) is 0 Å². The average molecular weight is 455 g/mol. The monoisotopic (exact) mass is 454 g/mol. The highest BCUT2D eigenvalue weighted by molar-refractivity contribution is 7.18. The van der Waals surface area contributed by atoms with Gasteiger partial charge in [-0.25, -0.2) is 4.98 Å². The van der Waals surface area contributed by atoms with Gasteiger partial charge in [-0.2, -0.15) is 0 Å². The van der Waals surface area contributed by atoms with E-state index in [0.29, 0.717) is 27.3 Å². The Bertz CT molecular complexity index is 1330. The normalized spacial score (nSPS) is 10.8. The predicted molar refractivity (Wildman–Crippen MR) is 123 cm³/mol. The van der Waals surface area contributed by atoms with Crippen LogP contribution in [0.25, 0.3) is 20.7 Å². The first-order valence-corrected chi connectivity index (χ1v) is 11.0. The Morgan fingerprint density at radius 1 is 1.19 bits per heavy atom. The molecule has 0 aliphatic carbocycles. The van der Waals surface area contributed by atoms with Crippen molar-refractivity contribution in [2.45, 2.75) is 13.5 Å². The van der Waals surface area contributed by atoms with Gasteiger partial charge in [-0.1, -0.05) is 6.07 Å². The Balaban J connectivity index is 1.61. The molecule has 0 saturated carbocycles. The second kappa shape index (κ2) is 8.70. The number of aromatic nitrogens is 2. The van der Waals surface area contributed by atoms with Crippen molar-refractivity contribution in [2.75, 3.05) is 17.7 Å². The van der Waals surface area contributed by atoms with Gasteiger partial charge in [-0.15, -0.1) is 22.7 Å². The molecule has 0 unspecified atom stereocenters. The van der Waals surface area contributed by atoms with Crippen LogP contribution in [-0.2, 0) is 16.1 Å². The first kappa shape index (κ1) is 20.8. The van der Waals surface area contributed by atoms with E-state index in [1.807, 2.05) is 22.9 Å². The number of amides is 2. The fraction of sp³-hybridized carbons (Fsp3) is 0.143. The standard InChI is InChI=1S/C21H18N4O4S2/c1-12(26)23-13-5-6-16(29-2)15(8-13)24-18(27)9-25-11-22-20-19(21(25)28)14(10-31-20)17-4-3-7-30-17/h3-8,10-11H,9H2,1-2H3,(H,23,26)(H,24,27). The van der Waals surface area contributed by atoms with Crippen molar-refractivity contribution >= 4 is 56.1 Å². The van der Waals surface area contributed by atoms with Gasteiger partial charge in [0.05, 0.1) is 24.5 Å². The quantitative estimate of drug-likeness (QED) is 0.461. The summed E-state index contributed by atoms with van der Waals surface area (Å²) in [6, 6.07) is 8.77. The van der Waals surface area contributed by atoms with Crippen molar-refractivity contribution < 1.29 is 14.3 Å². The summed E-state index contributed by atoms with van der Waals surface area (Å²) in [5.74, 6) is -0.221. The van der Waals surface area contributed by atoms with E-state index in [4.69, 9.17) is 4.74 Å². The lowest BCUT2D eigenvalue weighted by molar-refractivity contribution is -0.117. The lowest BCUT2D eigenvalue weighted by Gasteiger charge is -2.13. The molecule has 31 heavy (non-hydrogen) atoms. The number of benzene rings is 1. The Kier molecular flexibility index (Phi) is 5.83. The van der Waals surface area contributed by atoms with Gasteiger partial charge in [0.25, 0.3) is 5.56 Å². The molecule has 4 rings (SSSR count). The van der Waals surface area contributed by atoms with Gasteiger partial charge in [0.1, 0.15) is 17.1 Å². The van der Waals surface area contributed by atoms with Crippen LogP contribution in [0.5, 0.6) is 5.75 Å². The third-order valence-corrected chi connectivity index (χ3v) is 6.24. The molecule has 0 aliphatic heterocycles. The molecule has 4 aromatic rings. The van der Waals surface area contributed by atoms with Crippen molar-refractivity contribution in [1.82, 2.24) is 9.55 Å². The van der Waals surface area contributed by atoms with E-state index >= 15 is 0 Å². The molecule has 1 aromatic carbocycles. The largest absolute Gasteiger partial charge is 0.495 e. The topological polar surface area (TPSA) is 102 Å². The van der Waals surface area contributed by atoms with Crippen LogP contribution in [0.4, 0.5) is 11.4 Å². The summed E-state index contributed by atoms with van der Waals surface area (Å²) in [4.78, 5) is 43.0. The third-order valence-electron chi connectivity index (χ3n) is 4.46. The van der Waals surface area contributed by atoms with Crippen molar-refractivity contribution in [2.24, 2.45) is 0 Å². The number of anilines is 2. The molecule has 0 aliphatic rings. The Morgan fingerprint density at radius 2 is 2.03 bits per heavy atom. The number of fused-ring (bicyclic) bond motifs is 1. The summed E-state index contributed by atoms with van der Waals surface area (Å²) in [5.41, 5.74) is 1.45. The summed E-state index contributed by atoms with van der Waals surface area (Å²) in [6.07, 6.45) is 1.38. The minimum absolute atomic E-state index is 0.213. The molecule has 0 saturated heterocycles. The maximum Gasteiger partial charge on any atom is 0.263 e. The lowest BCUT2D eigenvalue weighted by atomic mass is 10.2. The molecule has 10 heteroatoms. The fourth-order valence-corrected chi connectivity index (χ4v) is 4.85. The molecular formula is C21H18N4O4S2. The highest BCUT2D eigenvalue weighted by atomic mass is 32.1. The number of hydrogen-bond acceptors (Lipinski definition) is 7. The smallest absolute Gasteiger partial charge is 0.263 e. The van der Waals surface area contributed by atoms with Crippen molar-refractivity contribution in [3.05, 3.63) is 57.8 Å². The maximum atomic E-state index is 13.1. The summed E-state index contributed by atoms with van der Waals surface area (Å²) >= 11 is 2.94. The van der Waals surface area contributed by atoms with Gasteiger partial charge in [0.2, 0.25) is 11.8 Å². The average Bonchev–Trinajstić information content (AvgIpc) is 3.39. The highest BCUT2D eigenvalue weighted by Crippen LogP contribution is 2.33. The number of ether oxygens (including phenoxy) is 1. The number of methoxy groups -OCH3 is 1. The number of carbonyl (C=O) groups excluding carboxylic acids is 2. The molecular weight excluding hydrogens is 436 g/mol. The summed E-state index contributed by atoms with van der Waals surface area (Å²) in [6.45, 7) is 1.18. The Labute approximate surface area is 185 Å². The van der Waals surface area contributed by atoms with E-state index in [2.05, 4.69) is 15.6 Å². The molecule has 8 nitrogen and oxygen atoms in total. The summed E-state index contributed by atoms with van der Waals surface area (Å²) in [7, 11) is 1.48. The van der Waals surface area contributed by atoms with Gasteiger partial charge >= 0.3 is 0 Å². The van der Waals surface area contributed by atoms with Gasteiger partial charge in [-0.3, -0.25) is 19.0 Å². The van der Waals surface area contributed by atoms with E-state index in [9.17, 15) is 14.4 Å². The minimum Gasteiger partial charge on any atom is -0.495 e. The number of carbonyl (C=O) groups is 2. The molecule has 2 amide bonds. The molecule has 0 radical (unpaired) electrons. The molecule has 0 atom stereocenters. The number of rotatable bonds is 6. The second-order valence-corrected chi connectivity index (χ2v) is 8.43. The van der Waals surface area contributed by atoms with Crippen molar-refractivity contribution in [3.8, 4) is 16.2 Å². The zero-order valence-electron chi connectivity index (χ0n) is 16.7. The number of nitrogens with one attached hydrogen (secondary N) is 2. The van der Waals surface area contributed by atoms with Crippen LogP contribution in [0.1, 0.15) is 6.92 Å². The molecule has 3 aromatic heterocycles. The first-order valence-electron chi connectivity index (χ1n) is 9.22. The fourth-order valence-electron chi connectivity index (χ4n) is 3.12. The summed E-state index contributed by atoms with van der Waals surface area (Å²) < 4.78 is 6.56. The van der Waals surface area contributed by atoms with E-state index in [0.717, 1.165) is 10.4 Å². The molecule has 0 bridgehead atoms. The molecule has 0 spiro atoms. The number of thiophene rings is 2. The van der Waals surface area contributed by atoms with Crippen LogP contribution in [0.15, 0.2) is 52.2 Å². The first-order chi connectivity index (χ1) is 15.0. The number of nitrogens with zero attached hydrogens (tertiary/aromatic N) is 2. The molecule has 158 valence electrons. The van der Waals surface area contributed by atoms with E-state index in [-0.39, 0.29) is 18.0 Å². The summed E-state index contributed by atoms with van der Waals surface area (Å²) in [5, 5.41) is 9.76. The van der Waals surface area contributed by atoms with Crippen LogP contribution in [0.2, 0.25) is 0 Å². The zero-order chi connectivity index (χ0) is 22.0. The van der Waals surface area contributed by atoms with E-state index < -0.39 is 5.91 Å². The van der Waals surface area contributed by atoms with E-state index in [1.54, 1.807) is 29.5 Å². The second-order valence-electron chi connectivity index (χ2n) is 6.63. The van der Waals surface area contributed by atoms with E-state index in [1.165, 1.54) is 36.3 Å². The van der Waals surface area contributed by atoms with Crippen LogP contribution in [0, 0.1) is 0 Å². The Morgan fingerprint density at radius 3 is 2.74 bits per heavy atom. The van der Waals surface area contributed by atoms with Crippen molar-refractivity contribution in [3.63, 3.8) is 0 Å². The lowest BCUT2D eigenvalue weighted by Crippen LogP contribution is -2.28. The maximum absolute atomic E-state index is 13.1. The highest BCUT2D eigenvalue weighted by Gasteiger charge is 2.16. The SMILES string of the molecule is COc1ccc(NC(C)=O)cc1NC(=O)Cn1cnc2scc(-c3cccs3)c2c1=O. The van der Waals surface area contributed by atoms with Gasteiger partial charge in [0, 0.05) is 28.4 Å². The van der Waals surface area contributed by atoms with Gasteiger partial charge in [-0.05, 0) is 29.6 Å². The molecule has 3 heterocycles. The van der Waals surface area contributed by atoms with Crippen LogP contribution < -0.4 is 20.9 Å². The van der Waals surface area contributed by atoms with Gasteiger partial charge < -0.3 is 15.4 Å². The zero-order valence-corrected chi connectivity index (χ0v) is 18.3. The number of hydrogen-bond donors (Lipinski definition) is 2. The molecule has 2 N–H and O–H groups in total. The Hall–Kier alpha value is -3.50. The van der Waals surface area contributed by atoms with Crippen LogP contribution in [-0.4, -0.2) is 28.5 Å². The minimum atomic E-state index is -0.422. The third kappa shape index (κ3) is 4.35.